The molecule has 2 aliphatic rings. The van der Waals surface area contributed by atoms with Gasteiger partial charge in [0.2, 0.25) is 5.91 Å². The number of aromatic nitrogens is 1. The number of halogens is 5. The molecule has 2 aromatic rings. The van der Waals surface area contributed by atoms with Gasteiger partial charge in [-0.05, 0) is 62.4 Å². The summed E-state index contributed by atoms with van der Waals surface area (Å²) in [5.41, 5.74) is -0.118. The van der Waals surface area contributed by atoms with Crippen molar-refractivity contribution in [3.05, 3.63) is 52.4 Å². The molecule has 3 atom stereocenters. The first kappa shape index (κ1) is 20.9. The topological polar surface area (TPSA) is 36.4 Å². The summed E-state index contributed by atoms with van der Waals surface area (Å²) in [6, 6.07) is 5.34. The number of hydrogen-bond donors (Lipinski definition) is 0. The minimum atomic E-state index is -4.50. The first-order valence-corrected chi connectivity index (χ1v) is 10.0. The number of rotatable bonds is 3. The van der Waals surface area contributed by atoms with E-state index in [9.17, 15) is 22.4 Å². The van der Waals surface area contributed by atoms with E-state index in [1.54, 1.807) is 11.9 Å². The fourth-order valence-corrected chi connectivity index (χ4v) is 4.78. The van der Waals surface area contributed by atoms with Gasteiger partial charge in [0, 0.05) is 24.5 Å². The zero-order valence-electron chi connectivity index (χ0n) is 16.4. The number of carbonyl (C=O) groups excluding carboxylic acids is 1. The van der Waals surface area contributed by atoms with Gasteiger partial charge < -0.3 is 9.80 Å². The Kier molecular flexibility index (Phi) is 5.16. The third-order valence-electron chi connectivity index (χ3n) is 5.99. The van der Waals surface area contributed by atoms with Crippen LogP contribution < -0.4 is 9.80 Å². The Morgan fingerprint density at radius 1 is 1.23 bits per heavy atom. The van der Waals surface area contributed by atoms with E-state index in [0.29, 0.717) is 5.69 Å². The monoisotopic (exact) mass is 441 g/mol. The molecule has 0 radical (unpaired) electrons. The van der Waals surface area contributed by atoms with Gasteiger partial charge in [0.05, 0.1) is 10.6 Å². The minimum Gasteiger partial charge on any atom is -0.341 e. The second kappa shape index (κ2) is 7.41. The average molecular weight is 442 g/mol. The van der Waals surface area contributed by atoms with Gasteiger partial charge in [-0.2, -0.15) is 13.2 Å². The summed E-state index contributed by atoms with van der Waals surface area (Å²) in [7, 11) is 1.56. The quantitative estimate of drug-likeness (QED) is 0.613. The number of pyridine rings is 1. The molecule has 1 aromatic heterocycles. The van der Waals surface area contributed by atoms with Gasteiger partial charge in [0.25, 0.3) is 0 Å². The maximum atomic E-state index is 13.5. The molecule has 1 aliphatic heterocycles. The van der Waals surface area contributed by atoms with Gasteiger partial charge >= 0.3 is 6.18 Å². The fraction of sp³-hybridized carbons (Fsp3) is 0.429. The molecular formula is C21H20ClF4N3O. The SMILES string of the molecule is Cc1cc(C(F)(F)F)cc(N2[C@@H]3CC[C@@H](C3)[C@H]2C(=O)N(C)c2ccc(F)c(Cl)c2)n1. The second-order valence-electron chi connectivity index (χ2n) is 7.93. The van der Waals surface area contributed by atoms with Crippen LogP contribution in [0.25, 0.3) is 0 Å². The Bertz CT molecular complexity index is 997. The maximum Gasteiger partial charge on any atom is 0.416 e. The molecule has 0 N–H and O–H groups in total. The normalized spacial score (nSPS) is 23.2. The summed E-state index contributed by atoms with van der Waals surface area (Å²) in [5, 5.41) is -0.105. The first-order chi connectivity index (χ1) is 14.1. The van der Waals surface area contributed by atoms with Gasteiger partial charge in [-0.3, -0.25) is 4.79 Å². The number of alkyl halides is 3. The van der Waals surface area contributed by atoms with E-state index < -0.39 is 23.6 Å². The molecule has 160 valence electrons. The number of benzene rings is 1. The molecule has 1 saturated heterocycles. The lowest BCUT2D eigenvalue weighted by Crippen LogP contribution is -2.51. The van der Waals surface area contributed by atoms with Crippen molar-refractivity contribution in [1.29, 1.82) is 0 Å². The predicted octanol–water partition coefficient (Wildman–Crippen LogP) is 5.22. The molecule has 1 saturated carbocycles. The zero-order chi connectivity index (χ0) is 21.8. The van der Waals surface area contributed by atoms with Crippen LogP contribution in [0.4, 0.5) is 29.1 Å². The third kappa shape index (κ3) is 3.62. The largest absolute Gasteiger partial charge is 0.416 e. The van der Waals surface area contributed by atoms with Crippen molar-refractivity contribution in [3.8, 4) is 0 Å². The average Bonchev–Trinajstić information content (AvgIpc) is 3.29. The smallest absolute Gasteiger partial charge is 0.341 e. The summed E-state index contributed by atoms with van der Waals surface area (Å²) in [6.07, 6.45) is -2.14. The van der Waals surface area contributed by atoms with Crippen molar-refractivity contribution in [2.45, 2.75) is 44.4 Å². The Balaban J connectivity index is 1.70. The fourth-order valence-electron chi connectivity index (χ4n) is 4.60. The van der Waals surface area contributed by atoms with Crippen LogP contribution >= 0.6 is 11.6 Å². The number of hydrogen-bond acceptors (Lipinski definition) is 3. The molecule has 9 heteroatoms. The number of piperidine rings is 1. The molecule has 1 amide bonds. The highest BCUT2D eigenvalue weighted by molar-refractivity contribution is 6.31. The van der Waals surface area contributed by atoms with Gasteiger partial charge in [0.1, 0.15) is 17.7 Å². The number of nitrogens with zero attached hydrogens (tertiary/aromatic N) is 3. The molecule has 1 aliphatic carbocycles. The van der Waals surface area contributed by atoms with E-state index >= 15 is 0 Å². The summed E-state index contributed by atoms with van der Waals surface area (Å²) < 4.78 is 53.5. The lowest BCUT2D eigenvalue weighted by Gasteiger charge is -2.37. The van der Waals surface area contributed by atoms with E-state index in [2.05, 4.69) is 4.98 Å². The summed E-state index contributed by atoms with van der Waals surface area (Å²) in [5.74, 6) is -0.677. The van der Waals surface area contributed by atoms with Gasteiger partial charge in [0.15, 0.2) is 0 Å². The van der Waals surface area contributed by atoms with E-state index in [-0.39, 0.29) is 34.4 Å². The number of carbonyl (C=O) groups is 1. The minimum absolute atomic E-state index is 0.0255. The number of fused-ring (bicyclic) bond motifs is 2. The van der Waals surface area contributed by atoms with Crippen LogP contribution in [0, 0.1) is 18.7 Å². The highest BCUT2D eigenvalue weighted by Gasteiger charge is 2.51. The van der Waals surface area contributed by atoms with E-state index in [0.717, 1.165) is 31.4 Å². The summed E-state index contributed by atoms with van der Waals surface area (Å²) >= 11 is 5.85. The molecule has 0 spiro atoms. The molecule has 2 bridgehead atoms. The number of anilines is 2. The molecular weight excluding hydrogens is 422 g/mol. The molecule has 4 nitrogen and oxygen atoms in total. The van der Waals surface area contributed by atoms with Crippen LogP contribution in [-0.2, 0) is 11.0 Å². The van der Waals surface area contributed by atoms with Gasteiger partial charge in [-0.15, -0.1) is 0 Å². The molecule has 0 unspecified atom stereocenters. The van der Waals surface area contributed by atoms with Crippen LogP contribution in [0.1, 0.15) is 30.5 Å². The van der Waals surface area contributed by atoms with E-state index in [1.807, 2.05) is 0 Å². The Morgan fingerprint density at radius 2 is 1.97 bits per heavy atom. The lowest BCUT2D eigenvalue weighted by molar-refractivity contribution is -0.137. The Morgan fingerprint density at radius 3 is 2.63 bits per heavy atom. The first-order valence-electron chi connectivity index (χ1n) is 9.63. The van der Waals surface area contributed by atoms with Crippen LogP contribution in [0.2, 0.25) is 5.02 Å². The number of likely N-dealkylation sites (N-methyl/N-ethyl adjacent to an activating group) is 1. The molecule has 2 heterocycles. The number of amides is 1. The lowest BCUT2D eigenvalue weighted by atomic mass is 9.97. The number of aryl methyl sites for hydroxylation is 1. The van der Waals surface area contributed by atoms with E-state index in [4.69, 9.17) is 11.6 Å². The highest BCUT2D eigenvalue weighted by Crippen LogP contribution is 2.46. The maximum absolute atomic E-state index is 13.5. The van der Waals surface area contributed by atoms with Crippen LogP contribution in [-0.4, -0.2) is 30.0 Å². The van der Waals surface area contributed by atoms with Crippen molar-refractivity contribution in [1.82, 2.24) is 4.98 Å². The Labute approximate surface area is 176 Å². The van der Waals surface area contributed by atoms with Crippen LogP contribution in [0.15, 0.2) is 30.3 Å². The summed E-state index contributed by atoms with van der Waals surface area (Å²) in [4.78, 5) is 20.8. The van der Waals surface area contributed by atoms with E-state index in [1.165, 1.54) is 30.0 Å². The van der Waals surface area contributed by atoms with Crippen molar-refractivity contribution >= 4 is 29.0 Å². The predicted molar refractivity (Wildman–Crippen MR) is 106 cm³/mol. The zero-order valence-corrected chi connectivity index (χ0v) is 17.1. The third-order valence-corrected chi connectivity index (χ3v) is 6.28. The standard InChI is InChI=1S/C21H20ClF4N3O/c1-11-7-13(21(24,25)26)9-18(27-11)29-15-4-3-12(8-15)19(29)20(30)28(2)14-5-6-17(23)16(22)10-14/h5-7,9-10,12,15,19H,3-4,8H2,1-2H3/t12-,15+,19-/m0/s1. The van der Waals surface area contributed by atoms with Crippen molar-refractivity contribution < 1.29 is 22.4 Å². The molecule has 2 fully saturated rings. The van der Waals surface area contributed by atoms with Crippen LogP contribution in [0.5, 0.6) is 0 Å². The van der Waals surface area contributed by atoms with Crippen molar-refractivity contribution in [2.75, 3.05) is 16.8 Å². The van der Waals surface area contributed by atoms with Crippen LogP contribution in [0.3, 0.4) is 0 Å². The molecule has 1 aromatic carbocycles. The Hall–Kier alpha value is -2.35. The van der Waals surface area contributed by atoms with Crippen molar-refractivity contribution in [2.24, 2.45) is 5.92 Å². The molecule has 30 heavy (non-hydrogen) atoms. The molecule has 4 rings (SSSR count). The highest BCUT2D eigenvalue weighted by atomic mass is 35.5. The summed E-state index contributed by atoms with van der Waals surface area (Å²) in [6.45, 7) is 1.51. The van der Waals surface area contributed by atoms with Gasteiger partial charge in [-0.1, -0.05) is 11.6 Å². The second-order valence-corrected chi connectivity index (χ2v) is 8.34. The van der Waals surface area contributed by atoms with Crippen molar-refractivity contribution in [3.63, 3.8) is 0 Å². The van der Waals surface area contributed by atoms with Gasteiger partial charge in [-0.25, -0.2) is 9.37 Å².